The molecule has 0 spiro atoms. The number of amides is 2. The van der Waals surface area contributed by atoms with E-state index in [-0.39, 0.29) is 6.79 Å². The lowest BCUT2D eigenvalue weighted by Gasteiger charge is -2.06. The van der Waals surface area contributed by atoms with Crippen molar-refractivity contribution >= 4 is 12.2 Å². The first kappa shape index (κ1) is 11.5. The molecule has 0 aromatic heterocycles. The molecule has 2 amide bonds. The number of ether oxygens (including phenoxy) is 2. The average molecular weight is 190 g/mol. The third-order valence-electron chi connectivity index (χ3n) is 1.02. The topological polar surface area (TPSA) is 76.7 Å². The number of nitrogens with one attached hydrogen (secondary N) is 2. The lowest BCUT2D eigenvalue weighted by atomic mass is 10.8. The van der Waals surface area contributed by atoms with Crippen LogP contribution in [0.2, 0.25) is 0 Å². The molecule has 0 aromatic carbocycles. The largest absolute Gasteiger partial charge is 0.412 e. The van der Waals surface area contributed by atoms with Gasteiger partial charge in [-0.05, 0) is 13.8 Å². The standard InChI is InChI=1S/C7H14N2O4/c1-3-8-6(10)12-5-13-7(11)9-4-2/h3-5H2,1-2H3,(H,8,10)(H,9,11). The van der Waals surface area contributed by atoms with E-state index in [2.05, 4.69) is 20.1 Å². The summed E-state index contributed by atoms with van der Waals surface area (Å²) in [5.41, 5.74) is 0. The molecule has 0 aromatic rings. The Morgan fingerprint density at radius 2 is 1.38 bits per heavy atom. The molecule has 13 heavy (non-hydrogen) atoms. The number of hydrogen-bond acceptors (Lipinski definition) is 4. The van der Waals surface area contributed by atoms with Crippen LogP contribution in [0.3, 0.4) is 0 Å². The summed E-state index contributed by atoms with van der Waals surface area (Å²) >= 11 is 0. The fourth-order valence-electron chi connectivity index (χ4n) is 0.527. The molecule has 6 nitrogen and oxygen atoms in total. The Kier molecular flexibility index (Phi) is 6.39. The van der Waals surface area contributed by atoms with Crippen LogP contribution in [0.25, 0.3) is 0 Å². The molecule has 0 saturated heterocycles. The molecule has 0 radical (unpaired) electrons. The van der Waals surface area contributed by atoms with Gasteiger partial charge >= 0.3 is 12.2 Å². The molecule has 0 saturated carbocycles. The molecule has 0 aliphatic heterocycles. The van der Waals surface area contributed by atoms with E-state index in [1.54, 1.807) is 13.8 Å². The second kappa shape index (κ2) is 7.20. The Hall–Kier alpha value is -1.46. The van der Waals surface area contributed by atoms with Crippen molar-refractivity contribution in [1.29, 1.82) is 0 Å². The van der Waals surface area contributed by atoms with E-state index >= 15 is 0 Å². The first-order chi connectivity index (χ1) is 6.20. The van der Waals surface area contributed by atoms with Gasteiger partial charge in [0, 0.05) is 13.1 Å². The van der Waals surface area contributed by atoms with Gasteiger partial charge < -0.3 is 20.1 Å². The first-order valence-electron chi connectivity index (χ1n) is 4.02. The Morgan fingerprint density at radius 3 is 1.69 bits per heavy atom. The molecule has 6 heteroatoms. The third-order valence-corrected chi connectivity index (χ3v) is 1.02. The molecule has 2 N–H and O–H groups in total. The summed E-state index contributed by atoms with van der Waals surface area (Å²) in [6.07, 6.45) is -1.21. The number of alkyl carbamates (subject to hydrolysis) is 2. The SMILES string of the molecule is CCNC(=O)OCOC(=O)NCC. The summed E-state index contributed by atoms with van der Waals surface area (Å²) in [5.74, 6) is 0. The number of rotatable bonds is 4. The van der Waals surface area contributed by atoms with Crippen LogP contribution in [0.5, 0.6) is 0 Å². The molecule has 0 bridgehead atoms. The van der Waals surface area contributed by atoms with Crippen LogP contribution in [-0.2, 0) is 9.47 Å². The zero-order valence-electron chi connectivity index (χ0n) is 7.75. The van der Waals surface area contributed by atoms with E-state index in [1.807, 2.05) is 0 Å². The van der Waals surface area contributed by atoms with Gasteiger partial charge in [0.05, 0.1) is 0 Å². The predicted octanol–water partition coefficient (Wildman–Crippen LogP) is 0.436. The minimum absolute atomic E-state index is 0.377. The van der Waals surface area contributed by atoms with E-state index in [9.17, 15) is 9.59 Å². The second-order valence-corrected chi connectivity index (χ2v) is 2.04. The molecule has 0 fully saturated rings. The molecule has 76 valence electrons. The summed E-state index contributed by atoms with van der Waals surface area (Å²) in [6.45, 7) is 4.08. The Morgan fingerprint density at radius 1 is 1.00 bits per heavy atom. The summed E-state index contributed by atoms with van der Waals surface area (Å²) in [6, 6.07) is 0. The maximum Gasteiger partial charge on any atom is 0.410 e. The van der Waals surface area contributed by atoms with Gasteiger partial charge in [-0.2, -0.15) is 0 Å². The maximum atomic E-state index is 10.6. The van der Waals surface area contributed by atoms with Crippen molar-refractivity contribution in [1.82, 2.24) is 10.6 Å². The minimum Gasteiger partial charge on any atom is -0.412 e. The van der Waals surface area contributed by atoms with E-state index in [1.165, 1.54) is 0 Å². The predicted molar refractivity (Wildman–Crippen MR) is 45.2 cm³/mol. The zero-order valence-corrected chi connectivity index (χ0v) is 7.75. The number of hydrogen-bond donors (Lipinski definition) is 2. The summed E-state index contributed by atoms with van der Waals surface area (Å²) in [5, 5.41) is 4.76. The van der Waals surface area contributed by atoms with Gasteiger partial charge in [-0.15, -0.1) is 0 Å². The highest BCUT2D eigenvalue weighted by atomic mass is 16.7. The fraction of sp³-hybridized carbons (Fsp3) is 0.714. The summed E-state index contributed by atoms with van der Waals surface area (Å²) < 4.78 is 8.93. The van der Waals surface area contributed by atoms with E-state index < -0.39 is 12.2 Å². The molecule has 0 rings (SSSR count). The van der Waals surface area contributed by atoms with Gasteiger partial charge in [-0.3, -0.25) is 0 Å². The van der Waals surface area contributed by atoms with E-state index in [0.717, 1.165) is 0 Å². The zero-order chi connectivity index (χ0) is 10.1. The van der Waals surface area contributed by atoms with Crippen LogP contribution >= 0.6 is 0 Å². The van der Waals surface area contributed by atoms with E-state index in [4.69, 9.17) is 0 Å². The fourth-order valence-corrected chi connectivity index (χ4v) is 0.527. The van der Waals surface area contributed by atoms with Crippen molar-refractivity contribution in [3.63, 3.8) is 0 Å². The normalized spacial score (nSPS) is 8.77. The highest BCUT2D eigenvalue weighted by Crippen LogP contribution is 1.81. The van der Waals surface area contributed by atoms with Crippen molar-refractivity contribution in [3.05, 3.63) is 0 Å². The van der Waals surface area contributed by atoms with Gasteiger partial charge in [-0.1, -0.05) is 0 Å². The average Bonchev–Trinajstić information content (AvgIpc) is 2.05. The first-order valence-corrected chi connectivity index (χ1v) is 4.02. The highest BCUT2D eigenvalue weighted by Gasteiger charge is 2.02. The second-order valence-electron chi connectivity index (χ2n) is 2.04. The van der Waals surface area contributed by atoms with Crippen molar-refractivity contribution in [3.8, 4) is 0 Å². The molecule has 0 unspecified atom stereocenters. The Labute approximate surface area is 76.6 Å². The van der Waals surface area contributed by atoms with E-state index in [0.29, 0.717) is 13.1 Å². The van der Waals surface area contributed by atoms with Crippen molar-refractivity contribution in [2.24, 2.45) is 0 Å². The lowest BCUT2D eigenvalue weighted by Crippen LogP contribution is -2.28. The summed E-state index contributed by atoms with van der Waals surface area (Å²) in [7, 11) is 0. The van der Waals surface area contributed by atoms with Crippen LogP contribution in [0.15, 0.2) is 0 Å². The number of carbonyl (C=O) groups is 2. The van der Waals surface area contributed by atoms with Gasteiger partial charge in [0.2, 0.25) is 6.79 Å². The molecule has 0 aliphatic carbocycles. The molecular weight excluding hydrogens is 176 g/mol. The number of carbonyl (C=O) groups excluding carboxylic acids is 2. The van der Waals surface area contributed by atoms with Gasteiger partial charge in [0.15, 0.2) is 0 Å². The lowest BCUT2D eigenvalue weighted by molar-refractivity contribution is 0.0248. The van der Waals surface area contributed by atoms with Gasteiger partial charge in [0.25, 0.3) is 0 Å². The molecular formula is C7H14N2O4. The minimum atomic E-state index is -0.605. The van der Waals surface area contributed by atoms with Crippen molar-refractivity contribution < 1.29 is 19.1 Å². The quantitative estimate of drug-likeness (QED) is 0.630. The third kappa shape index (κ3) is 6.92. The molecule has 0 aliphatic rings. The monoisotopic (exact) mass is 190 g/mol. The van der Waals surface area contributed by atoms with Crippen LogP contribution in [0, 0.1) is 0 Å². The smallest absolute Gasteiger partial charge is 0.410 e. The Balaban J connectivity index is 3.33. The van der Waals surface area contributed by atoms with Crippen LogP contribution in [-0.4, -0.2) is 32.1 Å². The van der Waals surface area contributed by atoms with Crippen LogP contribution in [0.4, 0.5) is 9.59 Å². The van der Waals surface area contributed by atoms with Crippen molar-refractivity contribution in [2.75, 3.05) is 19.9 Å². The van der Waals surface area contributed by atoms with Crippen LogP contribution in [0.1, 0.15) is 13.8 Å². The maximum absolute atomic E-state index is 10.6. The summed E-state index contributed by atoms with van der Waals surface area (Å²) in [4.78, 5) is 21.3. The van der Waals surface area contributed by atoms with Gasteiger partial charge in [-0.25, -0.2) is 9.59 Å². The van der Waals surface area contributed by atoms with Crippen molar-refractivity contribution in [2.45, 2.75) is 13.8 Å². The molecule has 0 atom stereocenters. The Bertz CT molecular complexity index is 154. The van der Waals surface area contributed by atoms with Gasteiger partial charge in [0.1, 0.15) is 0 Å². The van der Waals surface area contributed by atoms with Crippen LogP contribution < -0.4 is 10.6 Å². The molecule has 0 heterocycles. The highest BCUT2D eigenvalue weighted by molar-refractivity contribution is 5.68.